The van der Waals surface area contributed by atoms with Crippen molar-refractivity contribution in [3.63, 3.8) is 0 Å². The minimum absolute atomic E-state index is 0.186. The van der Waals surface area contributed by atoms with Crippen LogP contribution < -0.4 is 10.7 Å². The SMILES string of the molecule is CN(N)C(=O)c1ccccc1N(C)C. The third-order valence-corrected chi connectivity index (χ3v) is 1.94. The van der Waals surface area contributed by atoms with Crippen LogP contribution in [-0.2, 0) is 0 Å². The Morgan fingerprint density at radius 2 is 1.79 bits per heavy atom. The standard InChI is InChI=1S/C10H15N3O/c1-12(2)9-7-5-4-6-8(9)10(14)13(3)11/h4-7H,11H2,1-3H3. The Hall–Kier alpha value is -1.55. The zero-order valence-electron chi connectivity index (χ0n) is 8.69. The number of hydrogen-bond acceptors (Lipinski definition) is 3. The molecular formula is C10H15N3O. The van der Waals surface area contributed by atoms with Gasteiger partial charge in [0.2, 0.25) is 0 Å². The summed E-state index contributed by atoms with van der Waals surface area (Å²) in [4.78, 5) is 13.5. The number of nitrogens with two attached hydrogens (primary N) is 1. The molecule has 1 aromatic carbocycles. The molecule has 0 bridgehead atoms. The van der Waals surface area contributed by atoms with Gasteiger partial charge in [0.1, 0.15) is 0 Å². The van der Waals surface area contributed by atoms with Gasteiger partial charge in [0.15, 0.2) is 0 Å². The molecule has 1 amide bonds. The predicted molar refractivity (Wildman–Crippen MR) is 57.0 cm³/mol. The Morgan fingerprint density at radius 3 is 2.29 bits per heavy atom. The maximum absolute atomic E-state index is 11.6. The molecule has 0 aliphatic rings. The third-order valence-electron chi connectivity index (χ3n) is 1.94. The third kappa shape index (κ3) is 2.03. The van der Waals surface area contributed by atoms with E-state index in [2.05, 4.69) is 0 Å². The lowest BCUT2D eigenvalue weighted by Crippen LogP contribution is -2.34. The predicted octanol–water partition coefficient (Wildman–Crippen LogP) is 0.698. The number of carbonyl (C=O) groups excluding carboxylic acids is 1. The van der Waals surface area contributed by atoms with E-state index < -0.39 is 0 Å². The molecule has 0 heterocycles. The van der Waals surface area contributed by atoms with Crippen LogP contribution in [-0.4, -0.2) is 32.1 Å². The molecule has 76 valence electrons. The molecule has 4 nitrogen and oxygen atoms in total. The molecule has 0 saturated heterocycles. The van der Waals surface area contributed by atoms with E-state index in [0.717, 1.165) is 10.7 Å². The number of nitrogens with zero attached hydrogens (tertiary/aromatic N) is 2. The van der Waals surface area contributed by atoms with Gasteiger partial charge in [0, 0.05) is 26.8 Å². The molecule has 0 aliphatic heterocycles. The van der Waals surface area contributed by atoms with Gasteiger partial charge in [-0.05, 0) is 12.1 Å². The molecule has 0 unspecified atom stereocenters. The summed E-state index contributed by atoms with van der Waals surface area (Å²) in [6, 6.07) is 7.37. The average Bonchev–Trinajstić information content (AvgIpc) is 2.16. The molecule has 0 atom stereocenters. The molecule has 0 aliphatic carbocycles. The molecular weight excluding hydrogens is 178 g/mol. The van der Waals surface area contributed by atoms with Crippen molar-refractivity contribution in [3.05, 3.63) is 29.8 Å². The lowest BCUT2D eigenvalue weighted by Gasteiger charge is -2.18. The van der Waals surface area contributed by atoms with E-state index in [9.17, 15) is 4.79 Å². The lowest BCUT2D eigenvalue weighted by atomic mass is 10.1. The summed E-state index contributed by atoms with van der Waals surface area (Å²) in [5.74, 6) is 5.22. The molecule has 0 fully saturated rings. The van der Waals surface area contributed by atoms with Gasteiger partial charge in [-0.15, -0.1) is 0 Å². The molecule has 0 aromatic heterocycles. The highest BCUT2D eigenvalue weighted by atomic mass is 16.2. The number of benzene rings is 1. The smallest absolute Gasteiger partial charge is 0.269 e. The lowest BCUT2D eigenvalue weighted by molar-refractivity contribution is 0.0796. The van der Waals surface area contributed by atoms with Crippen LogP contribution in [0.1, 0.15) is 10.4 Å². The Kier molecular flexibility index (Phi) is 3.09. The zero-order valence-corrected chi connectivity index (χ0v) is 8.69. The van der Waals surface area contributed by atoms with Crippen molar-refractivity contribution in [2.75, 3.05) is 26.0 Å². The highest BCUT2D eigenvalue weighted by Crippen LogP contribution is 2.18. The highest BCUT2D eigenvalue weighted by Gasteiger charge is 2.13. The van der Waals surface area contributed by atoms with Crippen LogP contribution in [0.15, 0.2) is 24.3 Å². The summed E-state index contributed by atoms with van der Waals surface area (Å²) in [5.41, 5.74) is 1.48. The van der Waals surface area contributed by atoms with E-state index in [-0.39, 0.29) is 5.91 Å². The Balaban J connectivity index is 3.13. The molecule has 0 radical (unpaired) electrons. The molecule has 0 saturated carbocycles. The van der Waals surface area contributed by atoms with Gasteiger partial charge in [-0.3, -0.25) is 9.80 Å². The first-order chi connectivity index (χ1) is 6.54. The number of amides is 1. The van der Waals surface area contributed by atoms with Crippen molar-refractivity contribution in [2.24, 2.45) is 5.84 Å². The topological polar surface area (TPSA) is 49.6 Å². The second-order valence-corrected chi connectivity index (χ2v) is 3.33. The van der Waals surface area contributed by atoms with E-state index >= 15 is 0 Å². The van der Waals surface area contributed by atoms with Crippen LogP contribution in [0.5, 0.6) is 0 Å². The second-order valence-electron chi connectivity index (χ2n) is 3.33. The number of carbonyl (C=O) groups is 1. The number of rotatable bonds is 2. The first-order valence-electron chi connectivity index (χ1n) is 4.33. The summed E-state index contributed by atoms with van der Waals surface area (Å²) in [6.07, 6.45) is 0. The molecule has 2 N–H and O–H groups in total. The van der Waals surface area contributed by atoms with E-state index in [1.807, 2.05) is 37.2 Å². The van der Waals surface area contributed by atoms with Crippen molar-refractivity contribution in [1.82, 2.24) is 5.01 Å². The van der Waals surface area contributed by atoms with Crippen molar-refractivity contribution in [1.29, 1.82) is 0 Å². The first-order valence-corrected chi connectivity index (χ1v) is 4.33. The fourth-order valence-corrected chi connectivity index (χ4v) is 1.23. The number of hydrogen-bond donors (Lipinski definition) is 1. The fraction of sp³-hybridized carbons (Fsp3) is 0.300. The molecule has 4 heteroatoms. The van der Waals surface area contributed by atoms with Gasteiger partial charge in [0.05, 0.1) is 5.56 Å². The monoisotopic (exact) mass is 193 g/mol. The summed E-state index contributed by atoms with van der Waals surface area (Å²) < 4.78 is 0. The number of hydrazine groups is 1. The summed E-state index contributed by atoms with van der Waals surface area (Å²) >= 11 is 0. The van der Waals surface area contributed by atoms with Crippen LogP contribution in [0.25, 0.3) is 0 Å². The second kappa shape index (κ2) is 4.11. The quantitative estimate of drug-likeness (QED) is 0.427. The molecule has 0 spiro atoms. The average molecular weight is 193 g/mol. The number of para-hydroxylation sites is 1. The van der Waals surface area contributed by atoms with Crippen LogP contribution in [0, 0.1) is 0 Å². The summed E-state index contributed by atoms with van der Waals surface area (Å²) in [6.45, 7) is 0. The summed E-state index contributed by atoms with van der Waals surface area (Å²) in [7, 11) is 5.32. The number of anilines is 1. The largest absolute Gasteiger partial charge is 0.377 e. The van der Waals surface area contributed by atoms with Crippen molar-refractivity contribution in [2.45, 2.75) is 0 Å². The fourth-order valence-electron chi connectivity index (χ4n) is 1.23. The zero-order chi connectivity index (χ0) is 10.7. The molecule has 1 aromatic rings. The van der Waals surface area contributed by atoms with E-state index in [1.54, 1.807) is 6.07 Å². The van der Waals surface area contributed by atoms with Crippen molar-refractivity contribution in [3.8, 4) is 0 Å². The first kappa shape index (κ1) is 10.5. The van der Waals surface area contributed by atoms with Gasteiger partial charge in [-0.1, -0.05) is 12.1 Å². The van der Waals surface area contributed by atoms with Crippen LogP contribution in [0.4, 0.5) is 5.69 Å². The Morgan fingerprint density at radius 1 is 1.21 bits per heavy atom. The van der Waals surface area contributed by atoms with Crippen LogP contribution >= 0.6 is 0 Å². The van der Waals surface area contributed by atoms with Crippen LogP contribution in [0.2, 0.25) is 0 Å². The van der Waals surface area contributed by atoms with Crippen LogP contribution in [0.3, 0.4) is 0 Å². The normalized spacial score (nSPS) is 9.71. The van der Waals surface area contributed by atoms with E-state index in [1.165, 1.54) is 7.05 Å². The minimum Gasteiger partial charge on any atom is -0.377 e. The van der Waals surface area contributed by atoms with Crippen molar-refractivity contribution >= 4 is 11.6 Å². The Labute approximate surface area is 83.9 Å². The van der Waals surface area contributed by atoms with Gasteiger partial charge in [-0.25, -0.2) is 5.84 Å². The van der Waals surface area contributed by atoms with Gasteiger partial charge >= 0.3 is 0 Å². The van der Waals surface area contributed by atoms with E-state index in [4.69, 9.17) is 5.84 Å². The molecule has 14 heavy (non-hydrogen) atoms. The van der Waals surface area contributed by atoms with Gasteiger partial charge in [0.25, 0.3) is 5.91 Å². The summed E-state index contributed by atoms with van der Waals surface area (Å²) in [5, 5.41) is 1.09. The van der Waals surface area contributed by atoms with Gasteiger partial charge in [-0.2, -0.15) is 0 Å². The minimum atomic E-state index is -0.186. The molecule has 1 rings (SSSR count). The highest BCUT2D eigenvalue weighted by molar-refractivity contribution is 5.99. The maximum atomic E-state index is 11.6. The Bertz CT molecular complexity index is 334. The van der Waals surface area contributed by atoms with E-state index in [0.29, 0.717) is 5.56 Å². The maximum Gasteiger partial charge on any atom is 0.269 e. The van der Waals surface area contributed by atoms with Gasteiger partial charge < -0.3 is 4.90 Å². The van der Waals surface area contributed by atoms with Crippen molar-refractivity contribution < 1.29 is 4.79 Å².